The van der Waals surface area contributed by atoms with Crippen LogP contribution < -0.4 is 5.32 Å². The summed E-state index contributed by atoms with van der Waals surface area (Å²) in [6, 6.07) is -1.91. The minimum atomic E-state index is -3.00. The molecule has 0 radical (unpaired) electrons. The lowest BCUT2D eigenvalue weighted by atomic mass is 9.99. The molecule has 0 bridgehead atoms. The zero-order valence-corrected chi connectivity index (χ0v) is 10.4. The molecule has 1 saturated heterocycles. The molecule has 2 amide bonds. The highest BCUT2D eigenvalue weighted by Crippen LogP contribution is 2.19. The quantitative estimate of drug-likeness (QED) is 0.812. The van der Waals surface area contributed by atoms with Crippen LogP contribution in [0.2, 0.25) is 0 Å². The highest BCUT2D eigenvalue weighted by molar-refractivity contribution is 5.76. The van der Waals surface area contributed by atoms with E-state index in [1.54, 1.807) is 0 Å². The van der Waals surface area contributed by atoms with Crippen molar-refractivity contribution in [3.8, 4) is 0 Å². The molecule has 1 aliphatic heterocycles. The molecule has 7 heteroatoms. The molecule has 1 rings (SSSR count). The number of aliphatic carboxylic acids is 1. The Morgan fingerprint density at radius 2 is 2.11 bits per heavy atom. The van der Waals surface area contributed by atoms with E-state index < -0.39 is 29.9 Å². The van der Waals surface area contributed by atoms with Crippen LogP contribution in [-0.2, 0) is 4.79 Å². The fraction of sp³-hybridized carbons (Fsp3) is 0.818. The number of urea groups is 1. The van der Waals surface area contributed by atoms with E-state index >= 15 is 0 Å². The van der Waals surface area contributed by atoms with Gasteiger partial charge in [0.15, 0.2) is 0 Å². The Labute approximate surface area is 104 Å². The number of hydrogen-bond donors (Lipinski definition) is 2. The van der Waals surface area contributed by atoms with Crippen LogP contribution in [0.5, 0.6) is 0 Å². The van der Waals surface area contributed by atoms with E-state index in [9.17, 15) is 18.4 Å². The smallest absolute Gasteiger partial charge is 0.317 e. The van der Waals surface area contributed by atoms with Gasteiger partial charge in [-0.25, -0.2) is 13.6 Å². The Bertz CT molecular complexity index is 331. The summed E-state index contributed by atoms with van der Waals surface area (Å²) in [4.78, 5) is 23.8. The molecule has 0 aromatic carbocycles. The average molecular weight is 264 g/mol. The maximum Gasteiger partial charge on any atom is 0.317 e. The van der Waals surface area contributed by atoms with Gasteiger partial charge in [0.2, 0.25) is 0 Å². The number of carboxylic acids is 1. The zero-order valence-electron chi connectivity index (χ0n) is 10.4. The molecular weight excluding hydrogens is 246 g/mol. The second-order valence-electron chi connectivity index (χ2n) is 4.75. The van der Waals surface area contributed by atoms with Crippen molar-refractivity contribution in [2.45, 2.75) is 38.7 Å². The molecule has 2 unspecified atom stereocenters. The van der Waals surface area contributed by atoms with Gasteiger partial charge in [-0.2, -0.15) is 0 Å². The van der Waals surface area contributed by atoms with E-state index in [2.05, 4.69) is 5.32 Å². The number of likely N-dealkylation sites (tertiary alicyclic amines) is 1. The van der Waals surface area contributed by atoms with Gasteiger partial charge in [0.05, 0.1) is 12.0 Å². The summed E-state index contributed by atoms with van der Waals surface area (Å²) in [6.07, 6.45) is 1.08. The first-order valence-corrected chi connectivity index (χ1v) is 5.88. The van der Waals surface area contributed by atoms with Gasteiger partial charge in [-0.15, -0.1) is 0 Å². The van der Waals surface area contributed by atoms with Crippen LogP contribution in [0.15, 0.2) is 0 Å². The highest BCUT2D eigenvalue weighted by Gasteiger charge is 2.34. The third-order valence-electron chi connectivity index (χ3n) is 3.16. The predicted molar refractivity (Wildman–Crippen MR) is 60.5 cm³/mol. The average Bonchev–Trinajstić information content (AvgIpc) is 2.27. The Hall–Kier alpha value is -1.40. The fourth-order valence-corrected chi connectivity index (χ4v) is 1.77. The third-order valence-corrected chi connectivity index (χ3v) is 3.16. The summed E-state index contributed by atoms with van der Waals surface area (Å²) in [5.74, 6) is -4.57. The number of carbonyl (C=O) groups is 2. The van der Waals surface area contributed by atoms with E-state index in [1.165, 1.54) is 11.8 Å². The van der Waals surface area contributed by atoms with Gasteiger partial charge in [0.25, 0.3) is 5.92 Å². The van der Waals surface area contributed by atoms with Crippen LogP contribution in [-0.4, -0.2) is 47.1 Å². The van der Waals surface area contributed by atoms with E-state index in [-0.39, 0.29) is 6.54 Å². The Balaban J connectivity index is 2.54. The second-order valence-corrected chi connectivity index (χ2v) is 4.75. The van der Waals surface area contributed by atoms with Crippen LogP contribution in [0.3, 0.4) is 0 Å². The molecule has 104 valence electrons. The van der Waals surface area contributed by atoms with Gasteiger partial charge in [-0.3, -0.25) is 4.79 Å². The van der Waals surface area contributed by atoms with Crippen molar-refractivity contribution in [2.75, 3.05) is 13.1 Å². The van der Waals surface area contributed by atoms with E-state index in [4.69, 9.17) is 5.11 Å². The van der Waals surface area contributed by atoms with Crippen molar-refractivity contribution in [2.24, 2.45) is 5.92 Å². The van der Waals surface area contributed by atoms with Gasteiger partial charge < -0.3 is 15.3 Å². The molecule has 2 N–H and O–H groups in total. The Morgan fingerprint density at radius 1 is 1.50 bits per heavy atom. The number of amides is 2. The number of carbonyl (C=O) groups excluding carboxylic acids is 1. The molecule has 0 aliphatic carbocycles. The minimum Gasteiger partial charge on any atom is -0.481 e. The normalized spacial score (nSPS) is 22.4. The number of piperidine rings is 1. The van der Waals surface area contributed by atoms with Gasteiger partial charge >= 0.3 is 12.0 Å². The molecule has 1 fully saturated rings. The van der Waals surface area contributed by atoms with Crippen LogP contribution >= 0.6 is 0 Å². The van der Waals surface area contributed by atoms with Crippen molar-refractivity contribution in [3.63, 3.8) is 0 Å². The van der Waals surface area contributed by atoms with Gasteiger partial charge in [-0.1, -0.05) is 0 Å². The maximum atomic E-state index is 12.9. The summed E-state index contributed by atoms with van der Waals surface area (Å²) in [5.41, 5.74) is 0. The van der Waals surface area contributed by atoms with Gasteiger partial charge in [0.1, 0.15) is 0 Å². The van der Waals surface area contributed by atoms with E-state index in [0.717, 1.165) is 6.92 Å². The summed E-state index contributed by atoms with van der Waals surface area (Å²) in [7, 11) is 0. The molecule has 1 heterocycles. The predicted octanol–water partition coefficient (Wildman–Crippen LogP) is 1.54. The van der Waals surface area contributed by atoms with Crippen molar-refractivity contribution < 1.29 is 23.5 Å². The van der Waals surface area contributed by atoms with Crippen LogP contribution in [0.1, 0.15) is 26.7 Å². The first-order chi connectivity index (χ1) is 8.21. The van der Waals surface area contributed by atoms with E-state index in [1.807, 2.05) is 0 Å². The maximum absolute atomic E-state index is 12.9. The largest absolute Gasteiger partial charge is 0.481 e. The number of carboxylic acid groups (broad SMARTS) is 1. The topological polar surface area (TPSA) is 69.6 Å². The molecular formula is C11H18F2N2O3. The van der Waals surface area contributed by atoms with Gasteiger partial charge in [0, 0.05) is 20.0 Å². The number of nitrogens with one attached hydrogen (secondary N) is 1. The number of nitrogens with zero attached hydrogens (tertiary/aromatic N) is 1. The van der Waals surface area contributed by atoms with Crippen molar-refractivity contribution in [1.82, 2.24) is 10.2 Å². The summed E-state index contributed by atoms with van der Waals surface area (Å²) in [6.45, 7) is 2.42. The Kier molecular flexibility index (Phi) is 4.48. The Morgan fingerprint density at radius 3 is 2.61 bits per heavy atom. The lowest BCUT2D eigenvalue weighted by Crippen LogP contribution is -2.52. The summed E-state index contributed by atoms with van der Waals surface area (Å²) >= 11 is 0. The zero-order chi connectivity index (χ0) is 13.9. The number of hydrogen-bond acceptors (Lipinski definition) is 2. The molecule has 0 spiro atoms. The van der Waals surface area contributed by atoms with Gasteiger partial charge in [-0.05, 0) is 19.8 Å². The molecule has 0 aromatic rings. The molecule has 18 heavy (non-hydrogen) atoms. The molecule has 0 saturated carbocycles. The number of halogens is 2. The van der Waals surface area contributed by atoms with Crippen molar-refractivity contribution >= 4 is 12.0 Å². The molecule has 1 aliphatic rings. The van der Waals surface area contributed by atoms with Crippen LogP contribution in [0.25, 0.3) is 0 Å². The molecule has 2 atom stereocenters. The van der Waals surface area contributed by atoms with Crippen molar-refractivity contribution in [1.29, 1.82) is 0 Å². The second kappa shape index (κ2) is 5.49. The number of rotatable bonds is 3. The molecule has 5 nitrogen and oxygen atoms in total. The monoisotopic (exact) mass is 264 g/mol. The number of alkyl halides is 2. The minimum absolute atomic E-state index is 0.0726. The first kappa shape index (κ1) is 14.7. The third kappa shape index (κ3) is 3.82. The molecule has 0 aromatic heterocycles. The lowest BCUT2D eigenvalue weighted by Gasteiger charge is -2.32. The summed E-state index contributed by atoms with van der Waals surface area (Å²) in [5, 5.41) is 11.1. The highest BCUT2D eigenvalue weighted by atomic mass is 19.3. The SMILES string of the molecule is CC(NC(=O)N1CCCC(C(=O)O)C1)C(C)(F)F. The lowest BCUT2D eigenvalue weighted by molar-refractivity contribution is -0.143. The van der Waals surface area contributed by atoms with Crippen LogP contribution in [0.4, 0.5) is 13.6 Å². The summed E-state index contributed by atoms with van der Waals surface area (Å²) < 4.78 is 25.8. The van der Waals surface area contributed by atoms with E-state index in [0.29, 0.717) is 19.4 Å². The fourth-order valence-electron chi connectivity index (χ4n) is 1.77. The standard InChI is InChI=1S/C11H18F2N2O3/c1-7(11(2,12)13)14-10(18)15-5-3-4-8(6-15)9(16)17/h7-8H,3-6H2,1-2H3,(H,14,18)(H,16,17). The van der Waals surface area contributed by atoms with Crippen molar-refractivity contribution in [3.05, 3.63) is 0 Å². The van der Waals surface area contributed by atoms with Crippen LogP contribution in [0, 0.1) is 5.92 Å². The first-order valence-electron chi connectivity index (χ1n) is 5.88.